The molecule has 1 amide bonds. The van der Waals surface area contributed by atoms with E-state index in [1.54, 1.807) is 50.1 Å². The zero-order chi connectivity index (χ0) is 23.5. The number of hydrogen-bond acceptors (Lipinski definition) is 4. The van der Waals surface area contributed by atoms with Gasteiger partial charge in [0.05, 0.1) is 17.8 Å². The van der Waals surface area contributed by atoms with Gasteiger partial charge in [-0.3, -0.25) is 9.48 Å². The van der Waals surface area contributed by atoms with Crippen LogP contribution in [0.4, 0.5) is 17.6 Å². The van der Waals surface area contributed by atoms with Crippen molar-refractivity contribution in [3.05, 3.63) is 65.9 Å². The van der Waals surface area contributed by atoms with Gasteiger partial charge in [0.15, 0.2) is 5.82 Å². The summed E-state index contributed by atoms with van der Waals surface area (Å²) >= 11 is 0. The third-order valence-corrected chi connectivity index (χ3v) is 4.90. The van der Waals surface area contributed by atoms with Crippen LogP contribution in [0.2, 0.25) is 0 Å². The lowest BCUT2D eigenvalue weighted by molar-refractivity contribution is -0.138. The van der Waals surface area contributed by atoms with E-state index < -0.39 is 29.5 Å². The van der Waals surface area contributed by atoms with Crippen molar-refractivity contribution in [1.82, 2.24) is 19.7 Å². The first kappa shape index (κ1) is 23.2. The van der Waals surface area contributed by atoms with Crippen LogP contribution < -0.4 is 4.74 Å². The lowest BCUT2D eigenvalue weighted by Gasteiger charge is -2.28. The van der Waals surface area contributed by atoms with Crippen LogP contribution >= 0.6 is 0 Å². The number of rotatable bonds is 7. The van der Waals surface area contributed by atoms with Crippen LogP contribution in [0.15, 0.2) is 48.9 Å². The second-order valence-electron chi connectivity index (χ2n) is 7.21. The molecule has 0 bridgehead atoms. The minimum absolute atomic E-state index is 0.149. The highest BCUT2D eigenvalue weighted by atomic mass is 19.4. The van der Waals surface area contributed by atoms with Crippen molar-refractivity contribution < 1.29 is 27.1 Å². The molecule has 0 aliphatic rings. The van der Waals surface area contributed by atoms with Crippen LogP contribution in [-0.2, 0) is 13.2 Å². The molecule has 0 radical (unpaired) electrons. The van der Waals surface area contributed by atoms with E-state index in [0.717, 1.165) is 5.56 Å². The first-order chi connectivity index (χ1) is 15.1. The first-order valence-electron chi connectivity index (χ1n) is 9.86. The first-order valence-corrected chi connectivity index (χ1v) is 9.86. The Morgan fingerprint density at radius 3 is 2.56 bits per heavy atom. The van der Waals surface area contributed by atoms with Crippen molar-refractivity contribution in [3.8, 4) is 17.0 Å². The van der Waals surface area contributed by atoms with E-state index in [0.29, 0.717) is 29.9 Å². The van der Waals surface area contributed by atoms with Gasteiger partial charge in [-0.05, 0) is 31.5 Å². The van der Waals surface area contributed by atoms with E-state index in [1.807, 2.05) is 12.1 Å². The second-order valence-corrected chi connectivity index (χ2v) is 7.21. The van der Waals surface area contributed by atoms with Gasteiger partial charge in [-0.15, -0.1) is 0 Å². The summed E-state index contributed by atoms with van der Waals surface area (Å²) in [5, 5.41) is 4.15. The van der Waals surface area contributed by atoms with Gasteiger partial charge in [0.1, 0.15) is 6.61 Å². The molecule has 1 aromatic carbocycles. The summed E-state index contributed by atoms with van der Waals surface area (Å²) in [7, 11) is 1.78. The predicted molar refractivity (Wildman–Crippen MR) is 110 cm³/mol. The fourth-order valence-electron chi connectivity index (χ4n) is 3.27. The Morgan fingerprint density at radius 1 is 1.25 bits per heavy atom. The fraction of sp³-hybridized carbons (Fsp3) is 0.318. The summed E-state index contributed by atoms with van der Waals surface area (Å²) in [6, 6.07) is 6.93. The monoisotopic (exact) mass is 450 g/mol. The summed E-state index contributed by atoms with van der Waals surface area (Å²) in [5.41, 5.74) is 0.765. The molecule has 0 fully saturated rings. The molecule has 0 N–H and O–H groups in total. The Balaban J connectivity index is 1.76. The molecule has 3 rings (SSSR count). The van der Waals surface area contributed by atoms with E-state index in [4.69, 9.17) is 4.74 Å². The molecule has 0 unspecified atom stereocenters. The molecular formula is C22H22F4N4O2. The average molecular weight is 450 g/mol. The number of likely N-dealkylation sites (N-methyl/N-ethyl adjacent to an activating group) is 1. The second kappa shape index (κ2) is 9.37. The van der Waals surface area contributed by atoms with E-state index in [9.17, 15) is 22.4 Å². The molecule has 0 saturated carbocycles. The maximum Gasteiger partial charge on any atom is 0.417 e. The van der Waals surface area contributed by atoms with Crippen molar-refractivity contribution in [3.63, 3.8) is 0 Å². The van der Waals surface area contributed by atoms with Gasteiger partial charge in [-0.1, -0.05) is 18.2 Å². The molecule has 0 saturated heterocycles. The number of hydrogen-bond donors (Lipinski definition) is 0. The van der Waals surface area contributed by atoms with Crippen LogP contribution in [0.3, 0.4) is 0 Å². The zero-order valence-corrected chi connectivity index (χ0v) is 17.7. The van der Waals surface area contributed by atoms with E-state index in [2.05, 4.69) is 10.1 Å². The van der Waals surface area contributed by atoms with Crippen molar-refractivity contribution in [2.75, 3.05) is 13.2 Å². The predicted octanol–water partition coefficient (Wildman–Crippen LogP) is 4.57. The third-order valence-electron chi connectivity index (χ3n) is 4.90. The molecule has 0 aliphatic carbocycles. The largest absolute Gasteiger partial charge is 0.473 e. The van der Waals surface area contributed by atoms with Crippen LogP contribution in [-0.4, -0.2) is 44.8 Å². The Morgan fingerprint density at radius 2 is 1.97 bits per heavy atom. The number of nitrogens with zero attached hydrogens (tertiary/aromatic N) is 4. The van der Waals surface area contributed by atoms with Crippen LogP contribution in [0.25, 0.3) is 11.1 Å². The van der Waals surface area contributed by atoms with E-state index in [-0.39, 0.29) is 12.5 Å². The molecule has 2 heterocycles. The van der Waals surface area contributed by atoms with Crippen molar-refractivity contribution in [2.24, 2.45) is 7.05 Å². The number of carbonyl (C=O) groups is 1. The lowest BCUT2D eigenvalue weighted by Crippen LogP contribution is -2.42. The van der Waals surface area contributed by atoms with Gasteiger partial charge in [0, 0.05) is 37.1 Å². The quantitative estimate of drug-likeness (QED) is 0.495. The minimum atomic E-state index is -4.70. The Hall–Kier alpha value is -3.43. The number of amides is 1. The summed E-state index contributed by atoms with van der Waals surface area (Å²) in [4.78, 5) is 18.2. The summed E-state index contributed by atoms with van der Waals surface area (Å²) in [6.07, 6.45) is -0.731. The highest BCUT2D eigenvalue weighted by molar-refractivity contribution is 6.00. The standard InChI is InChI=1S/C22H22F4N4O2/c1-4-30(14(2)13-32-20-19(23)9-16(11-27-20)22(24,25)26)21(31)18-8-6-5-7-17(18)15-10-28-29(3)12-15/h5-12,14H,4,13H2,1-3H3/t14-/m0/s1. The summed E-state index contributed by atoms with van der Waals surface area (Å²) < 4.78 is 59.0. The third kappa shape index (κ3) is 5.06. The fourth-order valence-corrected chi connectivity index (χ4v) is 3.27. The summed E-state index contributed by atoms with van der Waals surface area (Å²) in [5.74, 6) is -2.03. The molecule has 6 nitrogen and oxygen atoms in total. The smallest absolute Gasteiger partial charge is 0.417 e. The Labute approximate surface area is 182 Å². The molecule has 10 heteroatoms. The minimum Gasteiger partial charge on any atom is -0.473 e. The average Bonchev–Trinajstić information content (AvgIpc) is 3.18. The molecule has 0 aliphatic heterocycles. The van der Waals surface area contributed by atoms with Crippen LogP contribution in [0.1, 0.15) is 29.8 Å². The van der Waals surface area contributed by atoms with Gasteiger partial charge in [-0.25, -0.2) is 9.37 Å². The molecule has 0 spiro atoms. The number of ether oxygens (including phenoxy) is 1. The molecule has 3 aromatic rings. The normalized spacial score (nSPS) is 12.5. The van der Waals surface area contributed by atoms with Crippen LogP contribution in [0.5, 0.6) is 5.88 Å². The maximum absolute atomic E-state index is 14.0. The highest BCUT2D eigenvalue weighted by Crippen LogP contribution is 2.31. The number of benzene rings is 1. The van der Waals surface area contributed by atoms with Gasteiger partial charge in [-0.2, -0.15) is 18.3 Å². The number of carbonyl (C=O) groups excluding carboxylic acids is 1. The molecule has 32 heavy (non-hydrogen) atoms. The highest BCUT2D eigenvalue weighted by Gasteiger charge is 2.32. The number of pyridine rings is 1. The van der Waals surface area contributed by atoms with Crippen molar-refractivity contribution in [1.29, 1.82) is 0 Å². The number of alkyl halides is 3. The Bertz CT molecular complexity index is 1100. The molecule has 1 atom stereocenters. The van der Waals surface area contributed by atoms with Gasteiger partial charge < -0.3 is 9.64 Å². The maximum atomic E-state index is 14.0. The van der Waals surface area contributed by atoms with Gasteiger partial charge in [0.2, 0.25) is 5.88 Å². The summed E-state index contributed by atoms with van der Waals surface area (Å²) in [6.45, 7) is 3.69. The van der Waals surface area contributed by atoms with Gasteiger partial charge in [0.25, 0.3) is 5.91 Å². The SMILES string of the molecule is CCN(C(=O)c1ccccc1-c1cnn(C)c1)[C@@H](C)COc1ncc(C(F)(F)F)cc1F. The van der Waals surface area contributed by atoms with Gasteiger partial charge >= 0.3 is 6.18 Å². The molecule has 2 aromatic heterocycles. The molecule has 170 valence electrons. The zero-order valence-electron chi connectivity index (χ0n) is 17.7. The molecular weight excluding hydrogens is 428 g/mol. The van der Waals surface area contributed by atoms with E-state index >= 15 is 0 Å². The number of halogens is 4. The Kier molecular flexibility index (Phi) is 6.81. The topological polar surface area (TPSA) is 60.2 Å². The lowest BCUT2D eigenvalue weighted by atomic mass is 10.0. The van der Waals surface area contributed by atoms with Crippen molar-refractivity contribution >= 4 is 5.91 Å². The number of aromatic nitrogens is 3. The number of aryl methyl sites for hydroxylation is 1. The van der Waals surface area contributed by atoms with E-state index in [1.165, 1.54) is 4.90 Å². The van der Waals surface area contributed by atoms with Crippen LogP contribution in [0, 0.1) is 5.82 Å². The van der Waals surface area contributed by atoms with Crippen molar-refractivity contribution in [2.45, 2.75) is 26.1 Å².